The zero-order chi connectivity index (χ0) is 18.4. The highest BCUT2D eigenvalue weighted by Gasteiger charge is 2.12. The van der Waals surface area contributed by atoms with Gasteiger partial charge in [-0.15, -0.1) is 0 Å². The van der Waals surface area contributed by atoms with E-state index in [2.05, 4.69) is 26.0 Å². The van der Waals surface area contributed by atoms with Crippen LogP contribution >= 0.6 is 15.9 Å². The third-order valence-corrected chi connectivity index (χ3v) is 5.85. The van der Waals surface area contributed by atoms with E-state index < -0.39 is 10.0 Å². The predicted molar refractivity (Wildman–Crippen MR) is 102 cm³/mol. The van der Waals surface area contributed by atoms with Gasteiger partial charge in [0.25, 0.3) is 0 Å². The highest BCUT2D eigenvalue weighted by molar-refractivity contribution is 9.10. The topological polar surface area (TPSA) is 75.3 Å². The number of benzene rings is 2. The molecule has 7 heteroatoms. The van der Waals surface area contributed by atoms with E-state index >= 15 is 0 Å². The molecule has 0 saturated heterocycles. The maximum absolute atomic E-state index is 12.1. The lowest BCUT2D eigenvalue weighted by Gasteiger charge is -2.14. The van der Waals surface area contributed by atoms with E-state index in [-0.39, 0.29) is 16.8 Å². The number of carbonyl (C=O) groups excluding carboxylic acids is 1. The predicted octanol–water partition coefficient (Wildman–Crippen LogP) is 3.17. The Labute approximate surface area is 157 Å². The van der Waals surface area contributed by atoms with Crippen LogP contribution in [0.3, 0.4) is 0 Å². The third-order valence-electron chi connectivity index (χ3n) is 3.89. The largest absolute Gasteiger partial charge is 0.350 e. The number of rotatable bonds is 7. The average molecular weight is 425 g/mol. The molecule has 1 amide bonds. The molecule has 0 aliphatic rings. The number of aryl methyl sites for hydroxylation is 1. The minimum absolute atomic E-state index is 0.0395. The van der Waals surface area contributed by atoms with Crippen LogP contribution in [-0.2, 0) is 21.2 Å². The van der Waals surface area contributed by atoms with Crippen LogP contribution in [0, 0.1) is 0 Å². The minimum Gasteiger partial charge on any atom is -0.350 e. The number of hydrogen-bond acceptors (Lipinski definition) is 3. The molecule has 0 fully saturated rings. The maximum Gasteiger partial charge on any atom is 0.240 e. The second-order valence-electron chi connectivity index (χ2n) is 5.69. The van der Waals surface area contributed by atoms with Crippen LogP contribution in [0.5, 0.6) is 0 Å². The van der Waals surface area contributed by atoms with E-state index in [1.807, 2.05) is 31.2 Å². The second-order valence-corrected chi connectivity index (χ2v) is 8.49. The van der Waals surface area contributed by atoms with E-state index in [1.54, 1.807) is 24.3 Å². The highest BCUT2D eigenvalue weighted by atomic mass is 79.9. The fraction of sp³-hybridized carbons (Fsp3) is 0.278. The summed E-state index contributed by atoms with van der Waals surface area (Å²) in [5, 5.41) is 2.97. The van der Waals surface area contributed by atoms with Gasteiger partial charge in [-0.25, -0.2) is 13.1 Å². The quantitative estimate of drug-likeness (QED) is 0.716. The van der Waals surface area contributed by atoms with Crippen molar-refractivity contribution in [2.75, 3.05) is 7.05 Å². The molecular weight excluding hydrogens is 404 g/mol. The Balaban J connectivity index is 1.88. The van der Waals surface area contributed by atoms with Crippen LogP contribution in [0.25, 0.3) is 0 Å². The molecule has 0 aliphatic carbocycles. The van der Waals surface area contributed by atoms with Gasteiger partial charge in [0.1, 0.15) is 0 Å². The van der Waals surface area contributed by atoms with Crippen LogP contribution < -0.4 is 10.0 Å². The SMILES string of the molecule is CNS(=O)(=O)c1ccc(CCC(=O)N[C@H](C)c2ccc(Br)cc2)cc1. The van der Waals surface area contributed by atoms with Crippen LogP contribution in [-0.4, -0.2) is 21.4 Å². The number of amides is 1. The van der Waals surface area contributed by atoms with Crippen LogP contribution in [0.4, 0.5) is 0 Å². The standard InChI is InChI=1S/C18H21BrN2O3S/c1-13(15-6-8-16(19)9-7-15)21-18(22)12-5-14-3-10-17(11-4-14)25(23,24)20-2/h3-4,6-11,13,20H,5,12H2,1-2H3,(H,21,22)/t13-/m1/s1. The van der Waals surface area contributed by atoms with Crippen molar-refractivity contribution in [3.8, 4) is 0 Å². The summed E-state index contributed by atoms with van der Waals surface area (Å²) in [6.45, 7) is 1.94. The number of sulfonamides is 1. The molecule has 0 aromatic heterocycles. The molecule has 2 N–H and O–H groups in total. The first kappa shape index (κ1) is 19.6. The van der Waals surface area contributed by atoms with E-state index in [0.717, 1.165) is 15.6 Å². The minimum atomic E-state index is -3.43. The summed E-state index contributed by atoms with van der Waals surface area (Å²) in [5.74, 6) is -0.0395. The second kappa shape index (κ2) is 8.60. The van der Waals surface area contributed by atoms with Gasteiger partial charge in [0.15, 0.2) is 0 Å². The van der Waals surface area contributed by atoms with E-state index in [1.165, 1.54) is 7.05 Å². The van der Waals surface area contributed by atoms with Crippen molar-refractivity contribution in [2.24, 2.45) is 0 Å². The first-order chi connectivity index (χ1) is 11.8. The third kappa shape index (κ3) is 5.66. The molecule has 5 nitrogen and oxygen atoms in total. The lowest BCUT2D eigenvalue weighted by Crippen LogP contribution is -2.26. The van der Waals surface area contributed by atoms with Crippen molar-refractivity contribution in [1.82, 2.24) is 10.0 Å². The molecule has 0 unspecified atom stereocenters. The first-order valence-electron chi connectivity index (χ1n) is 7.89. The molecule has 0 heterocycles. The summed E-state index contributed by atoms with van der Waals surface area (Å²) in [7, 11) is -2.05. The summed E-state index contributed by atoms with van der Waals surface area (Å²) in [6, 6.07) is 14.3. The fourth-order valence-electron chi connectivity index (χ4n) is 2.36. The van der Waals surface area contributed by atoms with Crippen molar-refractivity contribution in [3.63, 3.8) is 0 Å². The molecule has 1 atom stereocenters. The molecule has 25 heavy (non-hydrogen) atoms. The van der Waals surface area contributed by atoms with Gasteiger partial charge in [-0.1, -0.05) is 40.2 Å². The van der Waals surface area contributed by atoms with Crippen molar-refractivity contribution in [3.05, 3.63) is 64.1 Å². The number of nitrogens with one attached hydrogen (secondary N) is 2. The smallest absolute Gasteiger partial charge is 0.240 e. The molecule has 2 rings (SSSR count). The molecule has 0 spiro atoms. The molecule has 0 aliphatic heterocycles. The number of hydrogen-bond donors (Lipinski definition) is 2. The van der Waals surface area contributed by atoms with Gasteiger partial charge < -0.3 is 5.32 Å². The van der Waals surface area contributed by atoms with Gasteiger partial charge in [-0.3, -0.25) is 4.79 Å². The highest BCUT2D eigenvalue weighted by Crippen LogP contribution is 2.17. The van der Waals surface area contributed by atoms with Gasteiger partial charge in [-0.05, 0) is 55.8 Å². The van der Waals surface area contributed by atoms with Crippen LogP contribution in [0.1, 0.15) is 30.5 Å². The summed E-state index contributed by atoms with van der Waals surface area (Å²) in [6.07, 6.45) is 0.901. The van der Waals surface area contributed by atoms with Crippen molar-refractivity contribution in [2.45, 2.75) is 30.7 Å². The Morgan fingerprint density at radius 1 is 1.08 bits per heavy atom. The zero-order valence-electron chi connectivity index (χ0n) is 14.1. The van der Waals surface area contributed by atoms with Gasteiger partial charge in [0.05, 0.1) is 10.9 Å². The monoisotopic (exact) mass is 424 g/mol. The van der Waals surface area contributed by atoms with E-state index in [4.69, 9.17) is 0 Å². The number of carbonyl (C=O) groups is 1. The van der Waals surface area contributed by atoms with E-state index in [9.17, 15) is 13.2 Å². The molecule has 0 radical (unpaired) electrons. The first-order valence-corrected chi connectivity index (χ1v) is 10.2. The van der Waals surface area contributed by atoms with Gasteiger partial charge >= 0.3 is 0 Å². The van der Waals surface area contributed by atoms with Crippen LogP contribution in [0.15, 0.2) is 57.9 Å². The van der Waals surface area contributed by atoms with Gasteiger partial charge in [-0.2, -0.15) is 0 Å². The van der Waals surface area contributed by atoms with E-state index in [0.29, 0.717) is 12.8 Å². The summed E-state index contributed by atoms with van der Waals surface area (Å²) in [4.78, 5) is 12.3. The lowest BCUT2D eigenvalue weighted by molar-refractivity contribution is -0.121. The number of halogens is 1. The average Bonchev–Trinajstić information content (AvgIpc) is 2.61. The van der Waals surface area contributed by atoms with Crippen molar-refractivity contribution in [1.29, 1.82) is 0 Å². The van der Waals surface area contributed by atoms with Crippen molar-refractivity contribution >= 4 is 31.9 Å². The van der Waals surface area contributed by atoms with Crippen molar-refractivity contribution < 1.29 is 13.2 Å². The molecule has 2 aromatic carbocycles. The van der Waals surface area contributed by atoms with Gasteiger partial charge in [0.2, 0.25) is 15.9 Å². The normalized spacial score (nSPS) is 12.6. The summed E-state index contributed by atoms with van der Waals surface area (Å²) >= 11 is 3.39. The molecule has 134 valence electrons. The Morgan fingerprint density at radius 2 is 1.68 bits per heavy atom. The van der Waals surface area contributed by atoms with Crippen LogP contribution in [0.2, 0.25) is 0 Å². The Hall–Kier alpha value is -1.70. The molecule has 0 bridgehead atoms. The Bertz CT molecular complexity index is 818. The lowest BCUT2D eigenvalue weighted by atomic mass is 10.1. The molecular formula is C18H21BrN2O3S. The molecule has 2 aromatic rings. The Kier molecular flexibility index (Phi) is 6.75. The molecule has 0 saturated carbocycles. The summed E-state index contributed by atoms with van der Waals surface area (Å²) in [5.41, 5.74) is 1.96. The Morgan fingerprint density at radius 3 is 2.24 bits per heavy atom. The van der Waals surface area contributed by atoms with Gasteiger partial charge in [0, 0.05) is 10.9 Å². The fourth-order valence-corrected chi connectivity index (χ4v) is 3.35. The maximum atomic E-state index is 12.1. The summed E-state index contributed by atoms with van der Waals surface area (Å²) < 4.78 is 26.6. The zero-order valence-corrected chi connectivity index (χ0v) is 16.5.